The van der Waals surface area contributed by atoms with Gasteiger partial charge in [0.25, 0.3) is 11.8 Å². The third-order valence-electron chi connectivity index (χ3n) is 5.02. The number of benzene rings is 1. The van der Waals surface area contributed by atoms with Crippen LogP contribution in [0.1, 0.15) is 15.2 Å². The molecule has 2 amide bonds. The van der Waals surface area contributed by atoms with Crippen molar-refractivity contribution in [3.05, 3.63) is 58.4 Å². The Hall–Kier alpha value is -3.13. The van der Waals surface area contributed by atoms with Crippen LogP contribution in [-0.2, 0) is 20.7 Å². The van der Waals surface area contributed by atoms with E-state index in [2.05, 4.69) is 4.98 Å². The van der Waals surface area contributed by atoms with Crippen molar-refractivity contribution in [2.75, 3.05) is 32.8 Å². The van der Waals surface area contributed by atoms with Crippen LogP contribution < -0.4 is 0 Å². The number of carbonyl (C=O) groups excluding carboxylic acids is 3. The van der Waals surface area contributed by atoms with Crippen molar-refractivity contribution in [3.8, 4) is 0 Å². The summed E-state index contributed by atoms with van der Waals surface area (Å²) in [6, 6.07) is 11.4. The second-order valence-corrected chi connectivity index (χ2v) is 7.79. The number of aromatic nitrogens is 1. The number of aromatic amines is 1. The van der Waals surface area contributed by atoms with Crippen molar-refractivity contribution in [1.82, 2.24) is 14.8 Å². The molecule has 1 fully saturated rings. The van der Waals surface area contributed by atoms with Gasteiger partial charge in [0.1, 0.15) is 0 Å². The number of nitrogens with one attached hydrogen (secondary N) is 1. The number of fused-ring (bicyclic) bond motifs is 1. The quantitative estimate of drug-likeness (QED) is 0.653. The van der Waals surface area contributed by atoms with Crippen LogP contribution in [0.4, 0.5) is 0 Å². The Labute approximate surface area is 171 Å². The zero-order valence-electron chi connectivity index (χ0n) is 15.8. The van der Waals surface area contributed by atoms with E-state index in [1.165, 1.54) is 11.3 Å². The summed E-state index contributed by atoms with van der Waals surface area (Å²) >= 11 is 1.41. The molecule has 1 saturated heterocycles. The summed E-state index contributed by atoms with van der Waals surface area (Å²) in [5.41, 5.74) is 1.81. The van der Waals surface area contributed by atoms with Gasteiger partial charge in [-0.25, -0.2) is 0 Å². The molecule has 1 N–H and O–H groups in total. The molecule has 8 heteroatoms. The molecule has 1 aliphatic rings. The number of esters is 1. The highest BCUT2D eigenvalue weighted by molar-refractivity contribution is 7.12. The summed E-state index contributed by atoms with van der Waals surface area (Å²) in [6.07, 6.45) is 1.90. The molecule has 0 unspecified atom stereocenters. The Morgan fingerprint density at radius 3 is 2.52 bits per heavy atom. The van der Waals surface area contributed by atoms with Gasteiger partial charge >= 0.3 is 5.97 Å². The van der Waals surface area contributed by atoms with Crippen molar-refractivity contribution in [2.24, 2.45) is 0 Å². The zero-order chi connectivity index (χ0) is 20.2. The van der Waals surface area contributed by atoms with Crippen LogP contribution in [0, 0.1) is 0 Å². The van der Waals surface area contributed by atoms with E-state index in [0.29, 0.717) is 31.1 Å². The number of amides is 2. The van der Waals surface area contributed by atoms with Crippen molar-refractivity contribution < 1.29 is 19.1 Å². The lowest BCUT2D eigenvalue weighted by Gasteiger charge is -2.34. The average Bonchev–Trinajstić information content (AvgIpc) is 3.42. The fourth-order valence-corrected chi connectivity index (χ4v) is 4.12. The minimum Gasteiger partial charge on any atom is -0.455 e. The van der Waals surface area contributed by atoms with Gasteiger partial charge in [-0.1, -0.05) is 24.3 Å². The maximum Gasteiger partial charge on any atom is 0.310 e. The fourth-order valence-electron chi connectivity index (χ4n) is 3.43. The van der Waals surface area contributed by atoms with Gasteiger partial charge < -0.3 is 19.5 Å². The number of nitrogens with zero attached hydrogens (tertiary/aromatic N) is 2. The lowest BCUT2D eigenvalue weighted by molar-refractivity contribution is -0.152. The third-order valence-corrected chi connectivity index (χ3v) is 5.88. The first kappa shape index (κ1) is 19.2. The summed E-state index contributed by atoms with van der Waals surface area (Å²) in [5.74, 6) is -0.674. The monoisotopic (exact) mass is 411 g/mol. The topological polar surface area (TPSA) is 82.7 Å². The van der Waals surface area contributed by atoms with Crippen LogP contribution in [0.5, 0.6) is 0 Å². The Kier molecular flexibility index (Phi) is 5.62. The molecule has 0 atom stereocenters. The first-order valence-corrected chi connectivity index (χ1v) is 10.3. The molecule has 0 radical (unpaired) electrons. The van der Waals surface area contributed by atoms with E-state index in [9.17, 15) is 14.4 Å². The van der Waals surface area contributed by atoms with E-state index >= 15 is 0 Å². The van der Waals surface area contributed by atoms with Crippen LogP contribution in [0.15, 0.2) is 48.0 Å². The molecular formula is C21H21N3O4S. The molecule has 2 aromatic heterocycles. The number of rotatable bonds is 5. The maximum atomic E-state index is 12.4. The summed E-state index contributed by atoms with van der Waals surface area (Å²) in [6.45, 7) is 1.56. The minimum atomic E-state index is -0.436. The summed E-state index contributed by atoms with van der Waals surface area (Å²) in [7, 11) is 0. The molecule has 0 bridgehead atoms. The summed E-state index contributed by atoms with van der Waals surface area (Å²) < 4.78 is 5.19. The lowest BCUT2D eigenvalue weighted by Crippen LogP contribution is -2.51. The van der Waals surface area contributed by atoms with Crippen LogP contribution >= 0.6 is 11.3 Å². The number of H-pyrrole nitrogens is 1. The van der Waals surface area contributed by atoms with Gasteiger partial charge in [-0.15, -0.1) is 11.3 Å². The van der Waals surface area contributed by atoms with Crippen molar-refractivity contribution in [3.63, 3.8) is 0 Å². The Morgan fingerprint density at radius 2 is 1.76 bits per heavy atom. The zero-order valence-corrected chi connectivity index (χ0v) is 16.6. The Bertz CT molecular complexity index is 1020. The van der Waals surface area contributed by atoms with Gasteiger partial charge in [0.2, 0.25) is 0 Å². The maximum absolute atomic E-state index is 12.4. The molecule has 3 heterocycles. The molecule has 29 heavy (non-hydrogen) atoms. The molecule has 0 aliphatic carbocycles. The molecule has 0 saturated carbocycles. The molecule has 0 spiro atoms. The van der Waals surface area contributed by atoms with Crippen LogP contribution in [0.3, 0.4) is 0 Å². The third kappa shape index (κ3) is 4.32. The number of ether oxygens (including phenoxy) is 1. The predicted octanol–water partition coefficient (Wildman–Crippen LogP) is 2.30. The first-order valence-electron chi connectivity index (χ1n) is 9.43. The number of para-hydroxylation sites is 1. The van der Waals surface area contributed by atoms with E-state index < -0.39 is 5.97 Å². The standard InChI is InChI=1S/C21H21N3O4S/c25-19(23-7-9-24(10-8-23)21(27)18-6-3-11-29-18)14-28-20(26)12-15-13-22-17-5-2-1-4-16(15)17/h1-6,11,13,22H,7-10,12,14H2. The van der Waals surface area contributed by atoms with Crippen molar-refractivity contribution >= 4 is 40.0 Å². The molecule has 1 aromatic carbocycles. The van der Waals surface area contributed by atoms with Crippen LogP contribution in [0.2, 0.25) is 0 Å². The number of hydrogen-bond acceptors (Lipinski definition) is 5. The van der Waals surface area contributed by atoms with E-state index in [-0.39, 0.29) is 24.8 Å². The molecule has 150 valence electrons. The van der Waals surface area contributed by atoms with Gasteiger partial charge in [0.05, 0.1) is 11.3 Å². The normalized spacial score (nSPS) is 14.2. The van der Waals surface area contributed by atoms with E-state index in [1.807, 2.05) is 35.7 Å². The molecule has 3 aromatic rings. The molecule has 7 nitrogen and oxygen atoms in total. The predicted molar refractivity (Wildman–Crippen MR) is 110 cm³/mol. The fraction of sp³-hybridized carbons (Fsp3) is 0.286. The van der Waals surface area contributed by atoms with Crippen LogP contribution in [0.25, 0.3) is 10.9 Å². The van der Waals surface area contributed by atoms with E-state index in [4.69, 9.17) is 4.74 Å². The minimum absolute atomic E-state index is 0.00254. The molecule has 1 aliphatic heterocycles. The number of hydrogen-bond donors (Lipinski definition) is 1. The average molecular weight is 411 g/mol. The second-order valence-electron chi connectivity index (χ2n) is 6.85. The van der Waals surface area contributed by atoms with Crippen molar-refractivity contribution in [2.45, 2.75) is 6.42 Å². The highest BCUT2D eigenvalue weighted by Crippen LogP contribution is 2.18. The number of carbonyl (C=O) groups is 3. The lowest BCUT2D eigenvalue weighted by atomic mass is 10.1. The highest BCUT2D eigenvalue weighted by atomic mass is 32.1. The van der Waals surface area contributed by atoms with Gasteiger partial charge in [-0.05, 0) is 23.1 Å². The summed E-state index contributed by atoms with van der Waals surface area (Å²) in [5, 5.41) is 2.85. The number of thiophene rings is 1. The van der Waals surface area contributed by atoms with Gasteiger partial charge in [0, 0.05) is 43.3 Å². The largest absolute Gasteiger partial charge is 0.455 e. The van der Waals surface area contributed by atoms with E-state index in [1.54, 1.807) is 22.1 Å². The van der Waals surface area contributed by atoms with Gasteiger partial charge in [-0.3, -0.25) is 14.4 Å². The van der Waals surface area contributed by atoms with Gasteiger partial charge in [0.15, 0.2) is 6.61 Å². The number of piperazine rings is 1. The van der Waals surface area contributed by atoms with Crippen LogP contribution in [-0.4, -0.2) is 65.4 Å². The molecule has 4 rings (SSSR count). The second kappa shape index (κ2) is 8.48. The van der Waals surface area contributed by atoms with E-state index in [0.717, 1.165) is 16.5 Å². The molecular weight excluding hydrogens is 390 g/mol. The Balaban J connectivity index is 1.24. The Morgan fingerprint density at radius 1 is 1.00 bits per heavy atom. The smallest absolute Gasteiger partial charge is 0.310 e. The summed E-state index contributed by atoms with van der Waals surface area (Å²) in [4.78, 5) is 44.1. The SMILES string of the molecule is O=C(Cc1c[nH]c2ccccc12)OCC(=O)N1CCN(C(=O)c2cccs2)CC1. The van der Waals surface area contributed by atoms with Gasteiger partial charge in [-0.2, -0.15) is 0 Å². The highest BCUT2D eigenvalue weighted by Gasteiger charge is 2.25. The first-order chi connectivity index (χ1) is 14.1. The van der Waals surface area contributed by atoms with Crippen molar-refractivity contribution in [1.29, 1.82) is 0 Å².